The molecule has 0 amide bonds. The second-order valence-electron chi connectivity index (χ2n) is 11.4. The SMILES string of the molecule is CC(=O)O[C@@H]1[C@@H](OC(C)=O)[C@]2(C(C)(C)O)CC(O)[C@@](c3ccc(Cl)c(Cc4ccc(O)cc4)c3)(C2O)[C@H]1OC(C)=O. The van der Waals surface area contributed by atoms with Gasteiger partial charge in [-0.1, -0.05) is 35.9 Å². The summed E-state index contributed by atoms with van der Waals surface area (Å²) < 4.78 is 17.0. The van der Waals surface area contributed by atoms with Crippen LogP contribution >= 0.6 is 11.6 Å². The van der Waals surface area contributed by atoms with Gasteiger partial charge in [-0.05, 0) is 61.6 Å². The maximum Gasteiger partial charge on any atom is 0.303 e. The van der Waals surface area contributed by atoms with Crippen molar-refractivity contribution in [2.75, 3.05) is 0 Å². The Hall–Kier alpha value is -3.18. The summed E-state index contributed by atoms with van der Waals surface area (Å²) in [6.45, 7) is 6.19. The van der Waals surface area contributed by atoms with E-state index in [1.165, 1.54) is 26.0 Å². The van der Waals surface area contributed by atoms with Gasteiger partial charge in [0.15, 0.2) is 18.3 Å². The summed E-state index contributed by atoms with van der Waals surface area (Å²) in [6, 6.07) is 11.3. The van der Waals surface area contributed by atoms with Crippen LogP contribution in [0.2, 0.25) is 5.02 Å². The second-order valence-corrected chi connectivity index (χ2v) is 11.8. The molecule has 2 aromatic carbocycles. The van der Waals surface area contributed by atoms with Gasteiger partial charge in [-0.25, -0.2) is 0 Å². The monoisotopic (exact) mass is 590 g/mol. The molecule has 0 aromatic heterocycles. The van der Waals surface area contributed by atoms with Gasteiger partial charge < -0.3 is 34.6 Å². The van der Waals surface area contributed by atoms with E-state index in [4.69, 9.17) is 25.8 Å². The van der Waals surface area contributed by atoms with E-state index in [0.29, 0.717) is 22.6 Å². The van der Waals surface area contributed by atoms with Crippen molar-refractivity contribution in [1.82, 2.24) is 0 Å². The maximum atomic E-state index is 12.5. The van der Waals surface area contributed by atoms with E-state index in [9.17, 15) is 34.8 Å². The lowest BCUT2D eigenvalue weighted by atomic mass is 9.54. The molecule has 2 aliphatic carbocycles. The molecular formula is C30H35ClO10. The van der Waals surface area contributed by atoms with Crippen molar-refractivity contribution in [2.24, 2.45) is 5.41 Å². The van der Waals surface area contributed by atoms with Gasteiger partial charge in [-0.15, -0.1) is 0 Å². The molecule has 0 radical (unpaired) electrons. The number of aliphatic hydroxyl groups excluding tert-OH is 2. The Labute approximate surface area is 242 Å². The fourth-order valence-corrected chi connectivity index (χ4v) is 7.00. The van der Waals surface area contributed by atoms with Crippen LogP contribution in [0.25, 0.3) is 0 Å². The van der Waals surface area contributed by atoms with Gasteiger partial charge >= 0.3 is 17.9 Å². The van der Waals surface area contributed by atoms with Crippen LogP contribution in [0.5, 0.6) is 5.75 Å². The van der Waals surface area contributed by atoms with Crippen molar-refractivity contribution in [3.63, 3.8) is 0 Å². The fraction of sp³-hybridized carbons (Fsp3) is 0.500. The van der Waals surface area contributed by atoms with Crippen LogP contribution < -0.4 is 0 Å². The Morgan fingerprint density at radius 1 is 0.927 bits per heavy atom. The van der Waals surface area contributed by atoms with Gasteiger partial charge in [-0.3, -0.25) is 14.4 Å². The number of carbonyl (C=O) groups is 3. The second kappa shape index (κ2) is 10.9. The number of hydrogen-bond donors (Lipinski definition) is 4. The number of halogens is 1. The molecule has 0 spiro atoms. The third-order valence-electron chi connectivity index (χ3n) is 8.50. The Balaban J connectivity index is 2.00. The van der Waals surface area contributed by atoms with Crippen LogP contribution in [0.3, 0.4) is 0 Å². The first-order valence-corrected chi connectivity index (χ1v) is 13.6. The van der Waals surface area contributed by atoms with E-state index < -0.39 is 64.9 Å². The van der Waals surface area contributed by atoms with Crippen molar-refractivity contribution in [3.8, 4) is 5.75 Å². The normalized spacial score (nSPS) is 30.9. The molecule has 2 aromatic rings. The molecule has 0 heterocycles. The Bertz CT molecular complexity index is 1340. The predicted octanol–water partition coefficient (Wildman–Crippen LogP) is 2.57. The smallest absolute Gasteiger partial charge is 0.303 e. The maximum absolute atomic E-state index is 12.5. The van der Waals surface area contributed by atoms with Gasteiger partial charge in [-0.2, -0.15) is 0 Å². The Morgan fingerprint density at radius 3 is 2.02 bits per heavy atom. The highest BCUT2D eigenvalue weighted by Crippen LogP contribution is 2.65. The minimum atomic E-state index is -1.84. The van der Waals surface area contributed by atoms with E-state index in [2.05, 4.69) is 0 Å². The van der Waals surface area contributed by atoms with Crippen molar-refractivity contribution in [1.29, 1.82) is 0 Å². The summed E-state index contributed by atoms with van der Waals surface area (Å²) in [7, 11) is 0. The Kier molecular flexibility index (Phi) is 8.18. The number of aliphatic hydroxyl groups is 3. The number of esters is 3. The lowest BCUT2D eigenvalue weighted by Gasteiger charge is -2.57. The van der Waals surface area contributed by atoms with Gasteiger partial charge in [0.1, 0.15) is 5.75 Å². The van der Waals surface area contributed by atoms with Crippen LogP contribution in [0.4, 0.5) is 0 Å². The number of carbonyl (C=O) groups excluding carboxylic acids is 3. The third-order valence-corrected chi connectivity index (χ3v) is 8.87. The molecule has 2 aliphatic rings. The summed E-state index contributed by atoms with van der Waals surface area (Å²) in [4.78, 5) is 37.1. The molecule has 10 nitrogen and oxygen atoms in total. The summed E-state index contributed by atoms with van der Waals surface area (Å²) in [5, 5.41) is 45.7. The summed E-state index contributed by atoms with van der Waals surface area (Å²) in [6.07, 6.45) is -7.61. The molecule has 2 bridgehead atoms. The Morgan fingerprint density at radius 2 is 1.49 bits per heavy atom. The lowest BCUT2D eigenvalue weighted by molar-refractivity contribution is -0.268. The topological polar surface area (TPSA) is 160 Å². The van der Waals surface area contributed by atoms with Crippen molar-refractivity contribution < 1.29 is 49.0 Å². The van der Waals surface area contributed by atoms with Crippen LogP contribution in [0, 0.1) is 5.41 Å². The first-order chi connectivity index (χ1) is 19.0. The quantitative estimate of drug-likeness (QED) is 0.279. The van der Waals surface area contributed by atoms with E-state index in [1.807, 2.05) is 0 Å². The molecule has 4 rings (SSSR count). The van der Waals surface area contributed by atoms with Crippen LogP contribution in [-0.4, -0.2) is 74.5 Å². The number of hydrogen-bond acceptors (Lipinski definition) is 10. The summed E-state index contributed by atoms with van der Waals surface area (Å²) >= 11 is 6.56. The first-order valence-electron chi connectivity index (χ1n) is 13.2. The fourth-order valence-electron chi connectivity index (χ4n) is 6.82. The zero-order chi connectivity index (χ0) is 30.5. The minimum Gasteiger partial charge on any atom is -0.508 e. The van der Waals surface area contributed by atoms with Crippen molar-refractivity contribution in [2.45, 2.75) is 89.0 Å². The van der Waals surface area contributed by atoms with E-state index >= 15 is 0 Å². The van der Waals surface area contributed by atoms with Crippen molar-refractivity contribution in [3.05, 3.63) is 64.2 Å². The van der Waals surface area contributed by atoms with Gasteiger partial charge in [0.05, 0.1) is 28.6 Å². The van der Waals surface area contributed by atoms with Gasteiger partial charge in [0.2, 0.25) is 0 Å². The molecule has 2 saturated carbocycles. The highest BCUT2D eigenvalue weighted by Gasteiger charge is 2.80. The van der Waals surface area contributed by atoms with Crippen molar-refractivity contribution >= 4 is 29.5 Å². The van der Waals surface area contributed by atoms with E-state index in [1.54, 1.807) is 30.3 Å². The largest absolute Gasteiger partial charge is 0.508 e. The van der Waals surface area contributed by atoms with E-state index in [-0.39, 0.29) is 12.2 Å². The molecule has 0 saturated heterocycles. The molecular weight excluding hydrogens is 556 g/mol. The zero-order valence-electron chi connectivity index (χ0n) is 23.5. The predicted molar refractivity (Wildman–Crippen MR) is 146 cm³/mol. The number of phenolic OH excluding ortho intramolecular Hbond substituents is 1. The highest BCUT2D eigenvalue weighted by atomic mass is 35.5. The highest BCUT2D eigenvalue weighted by molar-refractivity contribution is 6.31. The summed E-state index contributed by atoms with van der Waals surface area (Å²) in [5.41, 5.74) is -3.67. The number of aromatic hydroxyl groups is 1. The molecule has 7 atom stereocenters. The standard InChI is InChI=1S/C30H35ClO10/c1-15(32)39-24-25(40-16(2)33)29(28(4,5)38)14-23(36)30(27(29)37,26(24)41-17(3)34)20-8-11-22(31)19(13-20)12-18-6-9-21(35)10-7-18/h6-11,13,23-27,35-38H,12,14H2,1-5H3/t23?,24-,25-,26+,27?,29-,30-/m1/s1. The van der Waals surface area contributed by atoms with Crippen LogP contribution in [0.15, 0.2) is 42.5 Å². The lowest BCUT2D eigenvalue weighted by Crippen LogP contribution is -2.74. The first kappa shape index (κ1) is 30.8. The average Bonchev–Trinajstić information content (AvgIpc) is 3.05. The minimum absolute atomic E-state index is 0.0953. The summed E-state index contributed by atoms with van der Waals surface area (Å²) in [5.74, 6) is -2.28. The number of phenols is 1. The average molecular weight is 591 g/mol. The number of benzene rings is 2. The molecule has 4 N–H and O–H groups in total. The molecule has 11 heteroatoms. The van der Waals surface area contributed by atoms with Crippen LogP contribution in [0.1, 0.15) is 57.7 Å². The number of rotatable bonds is 7. The van der Waals surface area contributed by atoms with Gasteiger partial charge in [0, 0.05) is 25.8 Å². The molecule has 222 valence electrons. The molecule has 41 heavy (non-hydrogen) atoms. The van der Waals surface area contributed by atoms with Gasteiger partial charge in [0.25, 0.3) is 0 Å². The van der Waals surface area contributed by atoms with E-state index in [0.717, 1.165) is 26.3 Å². The zero-order valence-corrected chi connectivity index (χ0v) is 24.2. The molecule has 2 fully saturated rings. The molecule has 2 unspecified atom stereocenters. The third kappa shape index (κ3) is 5.07. The molecule has 0 aliphatic heterocycles. The number of fused-ring (bicyclic) bond motifs is 2. The van der Waals surface area contributed by atoms with Crippen LogP contribution in [-0.2, 0) is 40.4 Å². The number of ether oxygens (including phenoxy) is 3.